The summed E-state index contributed by atoms with van der Waals surface area (Å²) in [6.45, 7) is 0.580. The highest BCUT2D eigenvalue weighted by Gasteiger charge is 2.18. The van der Waals surface area contributed by atoms with Gasteiger partial charge in [-0.15, -0.1) is 0 Å². The molecule has 0 aliphatic heterocycles. The van der Waals surface area contributed by atoms with Gasteiger partial charge in [-0.05, 0) is 35.4 Å². The molecule has 4 aromatic rings. The minimum atomic E-state index is -0.0727. The average Bonchev–Trinajstić information content (AvgIpc) is 3.32. The van der Waals surface area contributed by atoms with Crippen molar-refractivity contribution in [2.45, 2.75) is 18.9 Å². The molecule has 2 aromatic carbocycles. The lowest BCUT2D eigenvalue weighted by Crippen LogP contribution is -2.17. The van der Waals surface area contributed by atoms with Crippen LogP contribution in [-0.4, -0.2) is 10.9 Å². The zero-order chi connectivity index (χ0) is 20.6. The fraction of sp³-hybridized carbons (Fsp3) is 0.120. The van der Waals surface area contributed by atoms with E-state index in [0.717, 1.165) is 22.6 Å². The van der Waals surface area contributed by atoms with Crippen molar-refractivity contribution in [3.63, 3.8) is 0 Å². The number of nitrogens with zero attached hydrogens (tertiary/aromatic N) is 1. The highest BCUT2D eigenvalue weighted by atomic mass is 16.3. The second-order valence-electron chi connectivity index (χ2n) is 6.99. The van der Waals surface area contributed by atoms with Crippen molar-refractivity contribution >= 4 is 17.4 Å². The van der Waals surface area contributed by atoms with Crippen LogP contribution in [-0.2, 0) is 11.3 Å². The first-order valence-electron chi connectivity index (χ1n) is 9.90. The van der Waals surface area contributed by atoms with Crippen LogP contribution in [0.5, 0.6) is 0 Å². The normalized spacial score (nSPS) is 10.7. The summed E-state index contributed by atoms with van der Waals surface area (Å²) in [7, 11) is 0. The molecule has 0 bridgehead atoms. The Bertz CT molecular complexity index is 1010. The third-order valence-electron chi connectivity index (χ3n) is 4.87. The number of benzene rings is 2. The summed E-state index contributed by atoms with van der Waals surface area (Å²) in [5.74, 6) is 1.29. The van der Waals surface area contributed by atoms with E-state index in [1.54, 1.807) is 18.5 Å². The van der Waals surface area contributed by atoms with E-state index < -0.39 is 0 Å². The molecule has 2 N–H and O–H groups in total. The number of amides is 1. The van der Waals surface area contributed by atoms with Crippen molar-refractivity contribution in [1.82, 2.24) is 4.98 Å². The number of nitrogens with one attached hydrogen (secondary N) is 2. The van der Waals surface area contributed by atoms with Crippen molar-refractivity contribution in [2.24, 2.45) is 0 Å². The van der Waals surface area contributed by atoms with Crippen LogP contribution in [0.2, 0.25) is 0 Å². The summed E-state index contributed by atoms with van der Waals surface area (Å²) >= 11 is 0. The zero-order valence-corrected chi connectivity index (χ0v) is 16.5. The van der Waals surface area contributed by atoms with E-state index in [2.05, 4.69) is 39.9 Å². The SMILES string of the molecule is O=C(CC(c1ccccc1)c1ccccc1)Nc1ccc(NCc2ccco2)cn1. The van der Waals surface area contributed by atoms with Crippen molar-refractivity contribution in [3.05, 3.63) is 114 Å². The zero-order valence-electron chi connectivity index (χ0n) is 16.5. The van der Waals surface area contributed by atoms with E-state index in [-0.39, 0.29) is 11.8 Å². The summed E-state index contributed by atoms with van der Waals surface area (Å²) in [6.07, 6.45) is 3.69. The molecule has 2 aromatic heterocycles. The van der Waals surface area contributed by atoms with Crippen LogP contribution in [0.4, 0.5) is 11.5 Å². The third-order valence-corrected chi connectivity index (χ3v) is 4.87. The fourth-order valence-electron chi connectivity index (χ4n) is 3.35. The molecule has 0 fully saturated rings. The van der Waals surface area contributed by atoms with Crippen molar-refractivity contribution in [3.8, 4) is 0 Å². The molecule has 0 saturated carbocycles. The molecule has 0 aliphatic carbocycles. The summed E-state index contributed by atoms with van der Waals surface area (Å²) in [6, 6.07) is 27.6. The minimum Gasteiger partial charge on any atom is -0.467 e. The molecule has 0 saturated heterocycles. The number of aromatic nitrogens is 1. The van der Waals surface area contributed by atoms with Crippen LogP contribution < -0.4 is 10.6 Å². The van der Waals surface area contributed by atoms with Gasteiger partial charge in [-0.25, -0.2) is 4.98 Å². The number of furan rings is 1. The van der Waals surface area contributed by atoms with Gasteiger partial charge in [0, 0.05) is 12.3 Å². The predicted molar refractivity (Wildman–Crippen MR) is 118 cm³/mol. The van der Waals surface area contributed by atoms with Gasteiger partial charge >= 0.3 is 0 Å². The largest absolute Gasteiger partial charge is 0.467 e. The van der Waals surface area contributed by atoms with Gasteiger partial charge in [-0.3, -0.25) is 4.79 Å². The maximum absolute atomic E-state index is 12.8. The Balaban J connectivity index is 1.39. The van der Waals surface area contributed by atoms with Crippen molar-refractivity contribution in [1.29, 1.82) is 0 Å². The van der Waals surface area contributed by atoms with E-state index in [1.807, 2.05) is 54.6 Å². The minimum absolute atomic E-state index is 0.0124. The lowest BCUT2D eigenvalue weighted by molar-refractivity contribution is -0.116. The summed E-state index contributed by atoms with van der Waals surface area (Å²) < 4.78 is 5.30. The Morgan fingerprint density at radius 3 is 2.13 bits per heavy atom. The molecule has 5 nitrogen and oxygen atoms in total. The molecule has 0 atom stereocenters. The summed E-state index contributed by atoms with van der Waals surface area (Å²) in [5, 5.41) is 6.15. The highest BCUT2D eigenvalue weighted by molar-refractivity contribution is 5.90. The summed E-state index contributed by atoms with van der Waals surface area (Å²) in [5.41, 5.74) is 3.09. The van der Waals surface area contributed by atoms with Gasteiger partial charge in [0.1, 0.15) is 11.6 Å². The molecule has 5 heteroatoms. The second-order valence-corrected chi connectivity index (χ2v) is 6.99. The Morgan fingerprint density at radius 2 is 1.57 bits per heavy atom. The molecule has 0 unspecified atom stereocenters. The van der Waals surface area contributed by atoms with Crippen LogP contribution in [0.25, 0.3) is 0 Å². The van der Waals surface area contributed by atoms with Gasteiger partial charge in [0.05, 0.1) is 24.7 Å². The molecule has 0 radical (unpaired) electrons. The number of hydrogen-bond donors (Lipinski definition) is 2. The molecule has 0 aliphatic rings. The van der Waals surface area contributed by atoms with Gasteiger partial charge in [-0.1, -0.05) is 60.7 Å². The first-order chi connectivity index (χ1) is 14.8. The van der Waals surface area contributed by atoms with Gasteiger partial charge in [0.25, 0.3) is 0 Å². The van der Waals surface area contributed by atoms with E-state index >= 15 is 0 Å². The number of carbonyl (C=O) groups is 1. The number of hydrogen-bond acceptors (Lipinski definition) is 4. The number of anilines is 2. The van der Waals surface area contributed by atoms with E-state index in [0.29, 0.717) is 18.8 Å². The standard InChI is InChI=1S/C25H23N3O2/c29-25(16-23(19-8-3-1-4-9-19)20-10-5-2-6-11-20)28-24-14-13-21(17-27-24)26-18-22-12-7-15-30-22/h1-15,17,23,26H,16,18H2,(H,27,28,29). The Hall–Kier alpha value is -3.86. The van der Waals surface area contributed by atoms with E-state index in [9.17, 15) is 4.79 Å². The van der Waals surface area contributed by atoms with Crippen LogP contribution in [0.3, 0.4) is 0 Å². The molecule has 4 rings (SSSR count). The van der Waals surface area contributed by atoms with Gasteiger partial charge in [0.15, 0.2) is 0 Å². The molecule has 0 spiro atoms. The van der Waals surface area contributed by atoms with Gasteiger partial charge < -0.3 is 15.1 Å². The van der Waals surface area contributed by atoms with Gasteiger partial charge in [0.2, 0.25) is 5.91 Å². The number of carbonyl (C=O) groups excluding carboxylic acids is 1. The molecule has 2 heterocycles. The quantitative estimate of drug-likeness (QED) is 0.415. The first kappa shape index (κ1) is 19.5. The van der Waals surface area contributed by atoms with Crippen LogP contribution in [0, 0.1) is 0 Å². The van der Waals surface area contributed by atoms with E-state index in [4.69, 9.17) is 4.42 Å². The molecular formula is C25H23N3O2. The van der Waals surface area contributed by atoms with Crippen molar-refractivity contribution < 1.29 is 9.21 Å². The van der Waals surface area contributed by atoms with Gasteiger partial charge in [-0.2, -0.15) is 0 Å². The monoisotopic (exact) mass is 397 g/mol. The Kier molecular flexibility index (Phi) is 6.20. The Morgan fingerprint density at radius 1 is 0.867 bits per heavy atom. The molecule has 150 valence electrons. The predicted octanol–water partition coefficient (Wildman–Crippen LogP) is 5.45. The fourth-order valence-corrected chi connectivity index (χ4v) is 3.35. The first-order valence-corrected chi connectivity index (χ1v) is 9.90. The van der Waals surface area contributed by atoms with Crippen LogP contribution >= 0.6 is 0 Å². The maximum atomic E-state index is 12.8. The second kappa shape index (κ2) is 9.56. The molecule has 1 amide bonds. The van der Waals surface area contributed by atoms with Crippen molar-refractivity contribution in [2.75, 3.05) is 10.6 Å². The average molecular weight is 397 g/mol. The molecular weight excluding hydrogens is 374 g/mol. The topological polar surface area (TPSA) is 67.2 Å². The highest BCUT2D eigenvalue weighted by Crippen LogP contribution is 2.28. The van der Waals surface area contributed by atoms with E-state index in [1.165, 1.54) is 0 Å². The lowest BCUT2D eigenvalue weighted by Gasteiger charge is -2.18. The Labute approximate surface area is 175 Å². The lowest BCUT2D eigenvalue weighted by atomic mass is 9.88. The number of rotatable bonds is 8. The number of pyridine rings is 1. The third kappa shape index (κ3) is 5.14. The van der Waals surface area contributed by atoms with Crippen LogP contribution in [0.15, 0.2) is 102 Å². The smallest absolute Gasteiger partial charge is 0.226 e. The van der Waals surface area contributed by atoms with Crippen LogP contribution in [0.1, 0.15) is 29.2 Å². The molecule has 30 heavy (non-hydrogen) atoms. The maximum Gasteiger partial charge on any atom is 0.226 e. The summed E-state index contributed by atoms with van der Waals surface area (Å²) in [4.78, 5) is 17.1.